The van der Waals surface area contributed by atoms with Crippen molar-refractivity contribution >= 4 is 21.6 Å². The standard InChI is InChI=1S/C19H19N3O3S/c20-14-16-6-2-3-7-18(16)21-26(24,25)17-10-8-15(9-11-17)19(23)22-12-4-1-5-13-22/h2-3,6-11,21H,1,4-5,12-13H2. The predicted octanol–water partition coefficient (Wildman–Crippen LogP) is 2.99. The Labute approximate surface area is 153 Å². The number of hydrogen-bond donors (Lipinski definition) is 1. The van der Waals surface area contributed by atoms with Gasteiger partial charge in [0.1, 0.15) is 6.07 Å². The van der Waals surface area contributed by atoms with Crippen molar-refractivity contribution in [3.63, 3.8) is 0 Å². The van der Waals surface area contributed by atoms with Gasteiger partial charge in [-0.2, -0.15) is 5.26 Å². The monoisotopic (exact) mass is 369 g/mol. The van der Waals surface area contributed by atoms with Crippen molar-refractivity contribution in [2.75, 3.05) is 17.8 Å². The highest BCUT2D eigenvalue weighted by Crippen LogP contribution is 2.20. The van der Waals surface area contributed by atoms with Crippen molar-refractivity contribution in [2.45, 2.75) is 24.2 Å². The van der Waals surface area contributed by atoms with Gasteiger partial charge in [0, 0.05) is 18.7 Å². The van der Waals surface area contributed by atoms with E-state index in [9.17, 15) is 13.2 Å². The Morgan fingerprint density at radius 2 is 1.65 bits per heavy atom. The van der Waals surface area contributed by atoms with Gasteiger partial charge in [-0.25, -0.2) is 8.42 Å². The maximum atomic E-state index is 12.5. The second-order valence-corrected chi connectivity index (χ2v) is 7.82. The lowest BCUT2D eigenvalue weighted by Crippen LogP contribution is -2.35. The van der Waals surface area contributed by atoms with Crippen LogP contribution in [0.2, 0.25) is 0 Å². The van der Waals surface area contributed by atoms with Crippen molar-refractivity contribution in [1.29, 1.82) is 5.26 Å². The summed E-state index contributed by atoms with van der Waals surface area (Å²) in [6.07, 6.45) is 3.14. The van der Waals surface area contributed by atoms with E-state index >= 15 is 0 Å². The van der Waals surface area contributed by atoms with Crippen molar-refractivity contribution in [3.8, 4) is 6.07 Å². The number of para-hydroxylation sites is 1. The van der Waals surface area contributed by atoms with Crippen LogP contribution in [-0.4, -0.2) is 32.3 Å². The summed E-state index contributed by atoms with van der Waals surface area (Å²) < 4.78 is 27.5. The fourth-order valence-electron chi connectivity index (χ4n) is 2.93. The first-order chi connectivity index (χ1) is 12.5. The molecular weight excluding hydrogens is 350 g/mol. The zero-order chi connectivity index (χ0) is 18.6. The molecule has 0 aromatic heterocycles. The van der Waals surface area contributed by atoms with Gasteiger partial charge in [-0.15, -0.1) is 0 Å². The van der Waals surface area contributed by atoms with Gasteiger partial charge in [0.2, 0.25) is 0 Å². The minimum atomic E-state index is -3.84. The average molecular weight is 369 g/mol. The lowest BCUT2D eigenvalue weighted by Gasteiger charge is -2.26. The van der Waals surface area contributed by atoms with Crippen LogP contribution in [0.3, 0.4) is 0 Å². The second-order valence-electron chi connectivity index (χ2n) is 6.14. The molecule has 2 aromatic carbocycles. The van der Waals surface area contributed by atoms with E-state index in [1.807, 2.05) is 6.07 Å². The van der Waals surface area contributed by atoms with Gasteiger partial charge < -0.3 is 4.90 Å². The topological polar surface area (TPSA) is 90.3 Å². The van der Waals surface area contributed by atoms with Crippen LogP contribution in [0.15, 0.2) is 53.4 Å². The van der Waals surface area contributed by atoms with Gasteiger partial charge in [-0.05, 0) is 55.7 Å². The van der Waals surface area contributed by atoms with E-state index in [2.05, 4.69) is 4.72 Å². The van der Waals surface area contributed by atoms with Gasteiger partial charge in [0.05, 0.1) is 16.1 Å². The molecule has 1 fully saturated rings. The SMILES string of the molecule is N#Cc1ccccc1NS(=O)(=O)c1ccc(C(=O)N2CCCCC2)cc1. The molecule has 0 radical (unpaired) electrons. The number of carbonyl (C=O) groups is 1. The van der Waals surface area contributed by atoms with Crippen molar-refractivity contribution in [2.24, 2.45) is 0 Å². The molecule has 2 aromatic rings. The fraction of sp³-hybridized carbons (Fsp3) is 0.263. The van der Waals surface area contributed by atoms with E-state index < -0.39 is 10.0 Å². The number of piperidine rings is 1. The van der Waals surface area contributed by atoms with Crippen molar-refractivity contribution in [3.05, 3.63) is 59.7 Å². The molecule has 0 aliphatic carbocycles. The third-order valence-electron chi connectivity index (χ3n) is 4.35. The number of nitrogens with zero attached hydrogens (tertiary/aromatic N) is 2. The number of likely N-dealkylation sites (tertiary alicyclic amines) is 1. The Balaban J connectivity index is 1.79. The molecular formula is C19H19N3O3S. The molecule has 3 rings (SSSR count). The fourth-order valence-corrected chi connectivity index (χ4v) is 4.01. The molecule has 1 amide bonds. The summed E-state index contributed by atoms with van der Waals surface area (Å²) >= 11 is 0. The Morgan fingerprint density at radius 3 is 2.31 bits per heavy atom. The number of rotatable bonds is 4. The maximum absolute atomic E-state index is 12.5. The van der Waals surface area contributed by atoms with E-state index in [0.29, 0.717) is 5.56 Å². The summed E-state index contributed by atoms with van der Waals surface area (Å²) in [4.78, 5) is 14.3. The van der Waals surface area contributed by atoms with E-state index in [1.165, 1.54) is 36.4 Å². The van der Waals surface area contributed by atoms with Gasteiger partial charge in [0.25, 0.3) is 15.9 Å². The first kappa shape index (κ1) is 18.0. The van der Waals surface area contributed by atoms with Crippen LogP contribution in [0.1, 0.15) is 35.2 Å². The summed E-state index contributed by atoms with van der Waals surface area (Å²) in [5, 5.41) is 9.08. The van der Waals surface area contributed by atoms with Crippen LogP contribution in [-0.2, 0) is 10.0 Å². The largest absolute Gasteiger partial charge is 0.339 e. The summed E-state index contributed by atoms with van der Waals surface area (Å²) in [7, 11) is -3.84. The molecule has 0 bridgehead atoms. The third-order valence-corrected chi connectivity index (χ3v) is 5.73. The summed E-state index contributed by atoms with van der Waals surface area (Å²) in [5.41, 5.74) is 0.944. The molecule has 1 N–H and O–H groups in total. The lowest BCUT2D eigenvalue weighted by atomic mass is 10.1. The van der Waals surface area contributed by atoms with Gasteiger partial charge >= 0.3 is 0 Å². The molecule has 0 spiro atoms. The van der Waals surface area contributed by atoms with Crippen LogP contribution in [0.25, 0.3) is 0 Å². The molecule has 1 heterocycles. The third kappa shape index (κ3) is 3.86. The Hall–Kier alpha value is -2.85. The molecule has 134 valence electrons. The first-order valence-electron chi connectivity index (χ1n) is 8.42. The van der Waals surface area contributed by atoms with Crippen molar-refractivity contribution in [1.82, 2.24) is 4.90 Å². The number of amides is 1. The van der Waals surface area contributed by atoms with Gasteiger partial charge in [0.15, 0.2) is 0 Å². The normalized spacial score (nSPS) is 14.5. The van der Waals surface area contributed by atoms with E-state index in [4.69, 9.17) is 5.26 Å². The number of sulfonamides is 1. The van der Waals surface area contributed by atoms with Crippen LogP contribution < -0.4 is 4.72 Å². The number of hydrogen-bond acceptors (Lipinski definition) is 4. The smallest absolute Gasteiger partial charge is 0.261 e. The highest BCUT2D eigenvalue weighted by atomic mass is 32.2. The Morgan fingerprint density at radius 1 is 1.00 bits per heavy atom. The highest BCUT2D eigenvalue weighted by molar-refractivity contribution is 7.92. The molecule has 1 aliphatic heterocycles. The quantitative estimate of drug-likeness (QED) is 0.897. The zero-order valence-corrected chi connectivity index (χ0v) is 15.0. The molecule has 7 heteroatoms. The number of carbonyl (C=O) groups excluding carboxylic acids is 1. The number of nitrogens with one attached hydrogen (secondary N) is 1. The summed E-state index contributed by atoms with van der Waals surface area (Å²) in [5.74, 6) is -0.0727. The molecule has 0 unspecified atom stereocenters. The van der Waals surface area contributed by atoms with E-state index in [-0.39, 0.29) is 22.1 Å². The second kappa shape index (κ2) is 7.58. The van der Waals surface area contributed by atoms with Gasteiger partial charge in [-0.1, -0.05) is 12.1 Å². The van der Waals surface area contributed by atoms with E-state index in [0.717, 1.165) is 32.4 Å². The van der Waals surface area contributed by atoms with Crippen LogP contribution >= 0.6 is 0 Å². The van der Waals surface area contributed by atoms with E-state index in [1.54, 1.807) is 17.0 Å². The van der Waals surface area contributed by atoms with Crippen LogP contribution in [0, 0.1) is 11.3 Å². The molecule has 0 atom stereocenters. The number of nitriles is 1. The summed E-state index contributed by atoms with van der Waals surface area (Å²) in [6, 6.07) is 14.2. The molecule has 1 aliphatic rings. The number of benzene rings is 2. The maximum Gasteiger partial charge on any atom is 0.261 e. The Bertz CT molecular complexity index is 941. The molecule has 1 saturated heterocycles. The Kier molecular flexibility index (Phi) is 5.24. The minimum absolute atomic E-state index is 0.0421. The van der Waals surface area contributed by atoms with Crippen molar-refractivity contribution < 1.29 is 13.2 Å². The molecule has 6 nitrogen and oxygen atoms in total. The lowest BCUT2D eigenvalue weighted by molar-refractivity contribution is 0.0724. The minimum Gasteiger partial charge on any atom is -0.339 e. The molecule has 0 saturated carbocycles. The highest BCUT2D eigenvalue weighted by Gasteiger charge is 2.20. The van der Waals surface area contributed by atoms with Gasteiger partial charge in [-0.3, -0.25) is 9.52 Å². The number of anilines is 1. The summed E-state index contributed by atoms with van der Waals surface area (Å²) in [6.45, 7) is 1.48. The first-order valence-corrected chi connectivity index (χ1v) is 9.91. The molecule has 26 heavy (non-hydrogen) atoms. The zero-order valence-electron chi connectivity index (χ0n) is 14.2. The van der Waals surface area contributed by atoms with Crippen LogP contribution in [0.5, 0.6) is 0 Å². The van der Waals surface area contributed by atoms with Crippen LogP contribution in [0.4, 0.5) is 5.69 Å². The predicted molar refractivity (Wildman–Crippen MR) is 98.2 cm³/mol. The average Bonchev–Trinajstić information content (AvgIpc) is 2.68.